The highest BCUT2D eigenvalue weighted by Gasteiger charge is 2.16. The second kappa shape index (κ2) is 1.37. The second-order valence-electron chi connectivity index (χ2n) is 1.40. The van der Waals surface area contributed by atoms with E-state index in [-0.39, 0.29) is 5.97 Å². The van der Waals surface area contributed by atoms with Gasteiger partial charge in [0.25, 0.3) is 0 Å². The molecule has 1 aliphatic heterocycles. The molecule has 0 saturated heterocycles. The first-order chi connectivity index (χ1) is 3.34. The van der Waals surface area contributed by atoms with E-state index in [1.165, 1.54) is 6.26 Å². The van der Waals surface area contributed by atoms with Crippen LogP contribution in [0.3, 0.4) is 0 Å². The Hall–Kier alpha value is -0.790. The highest BCUT2D eigenvalue weighted by Crippen LogP contribution is 2.12. The molecular formula is C5H6O2. The van der Waals surface area contributed by atoms with E-state index < -0.39 is 0 Å². The molecule has 0 atom stereocenters. The molecule has 0 saturated carbocycles. The summed E-state index contributed by atoms with van der Waals surface area (Å²) in [6, 6.07) is 0. The predicted molar refractivity (Wildman–Crippen MR) is 24.5 cm³/mol. The van der Waals surface area contributed by atoms with Crippen LogP contribution in [0, 0.1) is 0 Å². The molecule has 0 radical (unpaired) electrons. The molecule has 0 bridgehead atoms. The number of carbonyl (C=O) groups is 1. The maximum absolute atomic E-state index is 10.2. The predicted octanol–water partition coefficient (Wildman–Crippen LogP) is 0.837. The van der Waals surface area contributed by atoms with Gasteiger partial charge >= 0.3 is 5.97 Å². The molecule has 1 heterocycles. The van der Waals surface area contributed by atoms with Crippen LogP contribution in [0.1, 0.15) is 13.3 Å². The summed E-state index contributed by atoms with van der Waals surface area (Å²) in [7, 11) is 0. The molecule has 0 aromatic heterocycles. The van der Waals surface area contributed by atoms with Crippen molar-refractivity contribution in [1.29, 1.82) is 0 Å². The summed E-state index contributed by atoms with van der Waals surface area (Å²) in [5.74, 6) is -0.164. The van der Waals surface area contributed by atoms with Crippen molar-refractivity contribution in [2.75, 3.05) is 0 Å². The number of cyclic esters (lactones) is 1. The van der Waals surface area contributed by atoms with Crippen molar-refractivity contribution in [3.63, 3.8) is 0 Å². The van der Waals surface area contributed by atoms with Crippen molar-refractivity contribution < 1.29 is 9.53 Å². The number of hydrogen-bond donors (Lipinski definition) is 0. The summed E-state index contributed by atoms with van der Waals surface area (Å²) in [6.07, 6.45) is 2.28. The number of esters is 1. The Bertz CT molecular complexity index is 124. The van der Waals surface area contributed by atoms with Gasteiger partial charge in [-0.1, -0.05) is 6.92 Å². The molecule has 0 aliphatic carbocycles. The molecule has 0 fully saturated rings. The monoisotopic (exact) mass is 98.0 g/mol. The average Bonchev–Trinajstić information content (AvgIpc) is 1.65. The molecule has 0 amide bonds. The molecular weight excluding hydrogens is 92.1 g/mol. The fraction of sp³-hybridized carbons (Fsp3) is 0.400. The van der Waals surface area contributed by atoms with Gasteiger partial charge in [-0.15, -0.1) is 0 Å². The van der Waals surface area contributed by atoms with Gasteiger partial charge in [0, 0.05) is 0 Å². The van der Waals surface area contributed by atoms with Gasteiger partial charge in [0.2, 0.25) is 0 Å². The van der Waals surface area contributed by atoms with Gasteiger partial charge in [-0.3, -0.25) is 0 Å². The summed E-state index contributed by atoms with van der Waals surface area (Å²) >= 11 is 0. The Labute approximate surface area is 41.8 Å². The van der Waals surface area contributed by atoms with Crippen LogP contribution in [0.25, 0.3) is 0 Å². The Kier molecular flexibility index (Phi) is 0.855. The zero-order chi connectivity index (χ0) is 5.28. The fourth-order valence-corrected chi connectivity index (χ4v) is 0.418. The Morgan fingerprint density at radius 2 is 2.57 bits per heavy atom. The lowest BCUT2D eigenvalue weighted by Gasteiger charge is -2.09. The number of carbonyl (C=O) groups excluding carboxylic acids is 1. The Balaban J connectivity index is 2.57. The van der Waals surface area contributed by atoms with E-state index in [4.69, 9.17) is 0 Å². The SMILES string of the molecule is CCC1=COC1=O. The molecule has 2 nitrogen and oxygen atoms in total. The van der Waals surface area contributed by atoms with E-state index in [0.29, 0.717) is 0 Å². The van der Waals surface area contributed by atoms with E-state index in [1.807, 2.05) is 6.92 Å². The topological polar surface area (TPSA) is 26.3 Å². The average molecular weight is 98.1 g/mol. The maximum atomic E-state index is 10.2. The molecule has 0 aromatic carbocycles. The molecule has 1 rings (SSSR count). The quantitative estimate of drug-likeness (QED) is 0.454. The fourth-order valence-electron chi connectivity index (χ4n) is 0.418. The Morgan fingerprint density at radius 1 is 1.86 bits per heavy atom. The van der Waals surface area contributed by atoms with Crippen LogP contribution in [0.2, 0.25) is 0 Å². The van der Waals surface area contributed by atoms with E-state index >= 15 is 0 Å². The lowest BCUT2D eigenvalue weighted by Crippen LogP contribution is -2.12. The van der Waals surface area contributed by atoms with E-state index in [9.17, 15) is 4.79 Å². The first-order valence-electron chi connectivity index (χ1n) is 2.24. The van der Waals surface area contributed by atoms with Crippen molar-refractivity contribution in [1.82, 2.24) is 0 Å². The van der Waals surface area contributed by atoms with Gasteiger partial charge in [-0.05, 0) is 6.42 Å². The third-order valence-electron chi connectivity index (χ3n) is 0.951. The van der Waals surface area contributed by atoms with Crippen molar-refractivity contribution >= 4 is 5.97 Å². The zero-order valence-electron chi connectivity index (χ0n) is 4.10. The number of rotatable bonds is 1. The normalized spacial score (nSPS) is 17.3. The number of ether oxygens (including phenoxy) is 1. The molecule has 0 spiro atoms. The standard InChI is InChI=1S/C5H6O2/c1-2-4-3-7-5(4)6/h3H,2H2,1H3. The molecule has 0 unspecified atom stereocenters. The van der Waals surface area contributed by atoms with Crippen LogP contribution in [-0.2, 0) is 9.53 Å². The zero-order valence-corrected chi connectivity index (χ0v) is 4.10. The van der Waals surface area contributed by atoms with Crippen LogP contribution in [0.15, 0.2) is 11.8 Å². The minimum Gasteiger partial charge on any atom is -0.430 e. The van der Waals surface area contributed by atoms with Gasteiger partial charge in [0.05, 0.1) is 5.57 Å². The molecule has 1 aliphatic rings. The van der Waals surface area contributed by atoms with E-state index in [1.54, 1.807) is 0 Å². The highest BCUT2D eigenvalue weighted by atomic mass is 16.5. The van der Waals surface area contributed by atoms with Gasteiger partial charge in [0.15, 0.2) is 0 Å². The molecule has 7 heavy (non-hydrogen) atoms. The van der Waals surface area contributed by atoms with E-state index in [2.05, 4.69) is 4.74 Å². The van der Waals surface area contributed by atoms with Crippen molar-refractivity contribution in [2.24, 2.45) is 0 Å². The van der Waals surface area contributed by atoms with Crippen LogP contribution in [0.4, 0.5) is 0 Å². The van der Waals surface area contributed by atoms with Crippen molar-refractivity contribution in [3.8, 4) is 0 Å². The van der Waals surface area contributed by atoms with Crippen LogP contribution < -0.4 is 0 Å². The van der Waals surface area contributed by atoms with Gasteiger partial charge < -0.3 is 4.74 Å². The smallest absolute Gasteiger partial charge is 0.341 e. The third-order valence-corrected chi connectivity index (χ3v) is 0.951. The summed E-state index contributed by atoms with van der Waals surface area (Å²) in [5, 5.41) is 0. The Morgan fingerprint density at radius 3 is 2.57 bits per heavy atom. The highest BCUT2D eigenvalue weighted by molar-refractivity contribution is 5.93. The largest absolute Gasteiger partial charge is 0.430 e. The minimum atomic E-state index is -0.164. The van der Waals surface area contributed by atoms with Crippen molar-refractivity contribution in [3.05, 3.63) is 11.8 Å². The van der Waals surface area contributed by atoms with Gasteiger partial charge in [-0.2, -0.15) is 0 Å². The summed E-state index contributed by atoms with van der Waals surface area (Å²) in [5.41, 5.74) is 0.792. The number of hydrogen-bond acceptors (Lipinski definition) is 2. The lowest BCUT2D eigenvalue weighted by atomic mass is 10.2. The molecule has 2 heteroatoms. The summed E-state index contributed by atoms with van der Waals surface area (Å²) < 4.78 is 4.33. The van der Waals surface area contributed by atoms with Crippen molar-refractivity contribution in [2.45, 2.75) is 13.3 Å². The van der Waals surface area contributed by atoms with E-state index in [0.717, 1.165) is 12.0 Å². The maximum Gasteiger partial charge on any atom is 0.341 e. The molecule has 38 valence electrons. The molecule has 0 N–H and O–H groups in total. The lowest BCUT2D eigenvalue weighted by molar-refractivity contribution is -0.138. The van der Waals surface area contributed by atoms with Crippen LogP contribution in [-0.4, -0.2) is 5.97 Å². The first kappa shape index (κ1) is 4.37. The molecule has 0 aromatic rings. The van der Waals surface area contributed by atoms with Crippen LogP contribution in [0.5, 0.6) is 0 Å². The van der Waals surface area contributed by atoms with Crippen LogP contribution >= 0.6 is 0 Å². The summed E-state index contributed by atoms with van der Waals surface area (Å²) in [4.78, 5) is 10.2. The van der Waals surface area contributed by atoms with Gasteiger partial charge in [0.1, 0.15) is 6.26 Å². The third kappa shape index (κ3) is 0.515. The summed E-state index contributed by atoms with van der Waals surface area (Å²) in [6.45, 7) is 1.92. The minimum absolute atomic E-state index is 0.164. The van der Waals surface area contributed by atoms with Gasteiger partial charge in [-0.25, -0.2) is 4.79 Å². The first-order valence-corrected chi connectivity index (χ1v) is 2.24. The second-order valence-corrected chi connectivity index (χ2v) is 1.40.